The van der Waals surface area contributed by atoms with E-state index in [4.69, 9.17) is 15.6 Å². The van der Waals surface area contributed by atoms with Gasteiger partial charge < -0.3 is 15.6 Å². The van der Waals surface area contributed by atoms with Crippen LogP contribution >= 0.6 is 7.26 Å². The Labute approximate surface area is 208 Å². The van der Waals surface area contributed by atoms with Gasteiger partial charge in [0.2, 0.25) is 0 Å². The maximum Gasteiger partial charge on any atom is 0.322 e. The third-order valence-corrected chi connectivity index (χ3v) is 10.7. The summed E-state index contributed by atoms with van der Waals surface area (Å²) >= 11 is 0. The molecule has 6 heteroatoms. The highest BCUT2D eigenvalue weighted by Gasteiger charge is 2.44. The molecule has 0 radical (unpaired) electrons. The van der Waals surface area contributed by atoms with Gasteiger partial charge in [-0.25, -0.2) is 0 Å². The fraction of sp³-hybridized carbons (Fsp3) is 0.310. The van der Waals surface area contributed by atoms with Crippen LogP contribution in [-0.4, -0.2) is 35.9 Å². The molecule has 3 aromatic rings. The first kappa shape index (κ1) is 26.6. The summed E-state index contributed by atoms with van der Waals surface area (Å²) in [5, 5.41) is 12.9. The molecule has 0 aliphatic carbocycles. The van der Waals surface area contributed by atoms with Gasteiger partial charge in [-0.3, -0.25) is 9.59 Å². The molecule has 0 fully saturated rings. The van der Waals surface area contributed by atoms with E-state index in [2.05, 4.69) is 91.0 Å². The Morgan fingerprint density at radius 1 is 0.743 bits per heavy atom. The smallest absolute Gasteiger partial charge is 0.322 e. The van der Waals surface area contributed by atoms with Crippen molar-refractivity contribution in [3.05, 3.63) is 91.0 Å². The molecule has 0 bridgehead atoms. The zero-order chi connectivity index (χ0) is 24.9. The minimum Gasteiger partial charge on any atom is -0.481 e. The molecule has 0 aromatic heterocycles. The molecule has 35 heavy (non-hydrogen) atoms. The molecule has 3 N–H and O–H groups in total. The minimum atomic E-state index is -1.80. The molecule has 3 rings (SSSR count). The van der Waals surface area contributed by atoms with Crippen molar-refractivity contribution in [3.8, 4) is 0 Å². The summed E-state index contributed by atoms with van der Waals surface area (Å²) < 4.78 is 5.24. The molecule has 3 aromatic carbocycles. The van der Waals surface area contributed by atoms with Crippen molar-refractivity contribution in [2.24, 2.45) is 5.73 Å². The van der Waals surface area contributed by atoms with Gasteiger partial charge in [-0.1, -0.05) is 54.6 Å². The van der Waals surface area contributed by atoms with Crippen LogP contribution in [0, 0.1) is 0 Å². The summed E-state index contributed by atoms with van der Waals surface area (Å²) in [7, 11) is -1.80. The number of unbranched alkanes of at least 4 members (excludes halogenated alkanes) is 3. The van der Waals surface area contributed by atoms with Crippen LogP contribution in [0.5, 0.6) is 0 Å². The fourth-order valence-corrected chi connectivity index (χ4v) is 8.77. The van der Waals surface area contributed by atoms with E-state index in [-0.39, 0.29) is 12.8 Å². The lowest BCUT2D eigenvalue weighted by Crippen LogP contribution is -2.33. The number of rotatable bonds is 14. The van der Waals surface area contributed by atoms with Crippen molar-refractivity contribution in [3.63, 3.8) is 0 Å². The van der Waals surface area contributed by atoms with Crippen LogP contribution < -0.4 is 21.6 Å². The van der Waals surface area contributed by atoms with Gasteiger partial charge in [-0.2, -0.15) is 0 Å². The first-order valence-corrected chi connectivity index (χ1v) is 14.2. The number of esters is 1. The third kappa shape index (κ3) is 7.48. The zero-order valence-corrected chi connectivity index (χ0v) is 21.0. The largest absolute Gasteiger partial charge is 0.481 e. The van der Waals surface area contributed by atoms with E-state index < -0.39 is 25.2 Å². The lowest BCUT2D eigenvalue weighted by atomic mass is 10.2. The number of carboxylic acid groups (broad SMARTS) is 1. The lowest BCUT2D eigenvalue weighted by molar-refractivity contribution is -0.145. The zero-order valence-electron chi connectivity index (χ0n) is 20.1. The average molecular weight is 493 g/mol. The molecule has 0 saturated carbocycles. The van der Waals surface area contributed by atoms with E-state index in [1.165, 1.54) is 15.9 Å². The standard InChI is InChI=1S/C29H34NO4P/c30-27(20-21-28(31)32)29(33)34-22-12-1-2-13-23-35(24-14-6-3-7-15-24,25-16-8-4-9-17-25)26-18-10-5-11-19-26/h3-11,14-19,27H,1-2,12-13,20-23,30H2/p+1. The van der Waals surface area contributed by atoms with Gasteiger partial charge in [0.1, 0.15) is 29.2 Å². The van der Waals surface area contributed by atoms with E-state index in [9.17, 15) is 9.59 Å². The summed E-state index contributed by atoms with van der Waals surface area (Å²) in [6.07, 6.45) is 4.87. The quantitative estimate of drug-likeness (QED) is 0.199. The van der Waals surface area contributed by atoms with Gasteiger partial charge in [0, 0.05) is 6.42 Å². The Bertz CT molecular complexity index is 947. The number of hydrogen-bond donors (Lipinski definition) is 2. The normalized spacial score (nSPS) is 12.1. The second-order valence-corrected chi connectivity index (χ2v) is 12.3. The summed E-state index contributed by atoms with van der Waals surface area (Å²) in [6.45, 7) is 0.315. The van der Waals surface area contributed by atoms with Gasteiger partial charge >= 0.3 is 11.9 Å². The number of aliphatic carboxylic acids is 1. The molecule has 184 valence electrons. The second-order valence-electron chi connectivity index (χ2n) is 8.66. The Morgan fingerprint density at radius 2 is 1.20 bits per heavy atom. The number of nitrogens with two attached hydrogens (primary N) is 1. The van der Waals surface area contributed by atoms with E-state index in [1.54, 1.807) is 0 Å². The van der Waals surface area contributed by atoms with E-state index in [0.29, 0.717) is 6.61 Å². The molecule has 0 spiro atoms. The molecule has 0 amide bonds. The molecular weight excluding hydrogens is 457 g/mol. The molecule has 5 nitrogen and oxygen atoms in total. The van der Waals surface area contributed by atoms with Crippen LogP contribution in [0.25, 0.3) is 0 Å². The maximum absolute atomic E-state index is 11.9. The summed E-state index contributed by atoms with van der Waals surface area (Å²) in [5.41, 5.74) is 5.71. The van der Waals surface area contributed by atoms with Gasteiger partial charge in [-0.05, 0) is 68.5 Å². The molecule has 0 aliphatic rings. The van der Waals surface area contributed by atoms with Gasteiger partial charge in [0.05, 0.1) is 12.8 Å². The van der Waals surface area contributed by atoms with Crippen LogP contribution in [0.1, 0.15) is 38.5 Å². The molecule has 0 aliphatic heterocycles. The molecule has 1 atom stereocenters. The highest BCUT2D eigenvalue weighted by molar-refractivity contribution is 7.95. The molecule has 0 heterocycles. The van der Waals surface area contributed by atoms with Gasteiger partial charge in [-0.15, -0.1) is 0 Å². The SMILES string of the molecule is NC(CCC(=O)O)C(=O)OCCCCCC[P+](c1ccccc1)(c1ccccc1)c1ccccc1. The van der Waals surface area contributed by atoms with Crippen LogP contribution in [0.15, 0.2) is 91.0 Å². The van der Waals surface area contributed by atoms with Crippen molar-refractivity contribution in [1.82, 2.24) is 0 Å². The highest BCUT2D eigenvalue weighted by atomic mass is 31.2. The van der Waals surface area contributed by atoms with Gasteiger partial charge in [0.15, 0.2) is 0 Å². The monoisotopic (exact) mass is 492 g/mol. The summed E-state index contributed by atoms with van der Waals surface area (Å²) in [5.74, 6) is -1.48. The predicted octanol–water partition coefficient (Wildman–Crippen LogP) is 4.28. The third-order valence-electron chi connectivity index (χ3n) is 6.20. The van der Waals surface area contributed by atoms with Crippen molar-refractivity contribution in [2.75, 3.05) is 12.8 Å². The van der Waals surface area contributed by atoms with Crippen LogP contribution in [0.3, 0.4) is 0 Å². The van der Waals surface area contributed by atoms with Crippen molar-refractivity contribution < 1.29 is 19.4 Å². The number of carbonyl (C=O) groups is 2. The Balaban J connectivity index is 1.62. The molecule has 1 unspecified atom stereocenters. The van der Waals surface area contributed by atoms with Crippen molar-refractivity contribution >= 4 is 35.1 Å². The number of hydrogen-bond acceptors (Lipinski definition) is 4. The number of benzene rings is 3. The molecular formula is C29H35NO4P+. The lowest BCUT2D eigenvalue weighted by Gasteiger charge is -2.27. The summed E-state index contributed by atoms with van der Waals surface area (Å²) in [6, 6.07) is 31.7. The highest BCUT2D eigenvalue weighted by Crippen LogP contribution is 2.55. The van der Waals surface area contributed by atoms with Crippen LogP contribution in [0.2, 0.25) is 0 Å². The second kappa shape index (κ2) is 13.8. The van der Waals surface area contributed by atoms with Crippen molar-refractivity contribution in [1.29, 1.82) is 0 Å². The Hall–Kier alpha value is -3.01. The van der Waals surface area contributed by atoms with E-state index in [0.717, 1.165) is 31.8 Å². The van der Waals surface area contributed by atoms with Crippen molar-refractivity contribution in [2.45, 2.75) is 44.6 Å². The first-order chi connectivity index (χ1) is 17.0. The first-order valence-electron chi connectivity index (χ1n) is 12.2. The van der Waals surface area contributed by atoms with Gasteiger partial charge in [0.25, 0.3) is 0 Å². The van der Waals surface area contributed by atoms with Crippen LogP contribution in [0.4, 0.5) is 0 Å². The minimum absolute atomic E-state index is 0.0956. The summed E-state index contributed by atoms with van der Waals surface area (Å²) in [4.78, 5) is 22.5. The Kier molecular flexibility index (Phi) is 10.5. The number of ether oxygens (including phenoxy) is 1. The predicted molar refractivity (Wildman–Crippen MR) is 144 cm³/mol. The molecule has 0 saturated heterocycles. The van der Waals surface area contributed by atoms with E-state index >= 15 is 0 Å². The van der Waals surface area contributed by atoms with E-state index in [1.807, 2.05) is 0 Å². The average Bonchev–Trinajstić information content (AvgIpc) is 2.90. The Morgan fingerprint density at radius 3 is 1.66 bits per heavy atom. The fourth-order valence-electron chi connectivity index (χ4n) is 4.36. The topological polar surface area (TPSA) is 89.6 Å². The number of carboxylic acids is 1. The van der Waals surface area contributed by atoms with Crippen LogP contribution in [-0.2, 0) is 14.3 Å². The maximum atomic E-state index is 11.9. The number of carbonyl (C=O) groups excluding carboxylic acids is 1.